The summed E-state index contributed by atoms with van der Waals surface area (Å²) in [4.78, 5) is 0. The fourth-order valence-corrected chi connectivity index (χ4v) is 3.90. The first kappa shape index (κ1) is 19.4. The van der Waals surface area contributed by atoms with Gasteiger partial charge in [0, 0.05) is 24.2 Å². The molecule has 1 aromatic heterocycles. The fraction of sp³-hybridized carbons (Fsp3) is 0.800. The average molecular weight is 390 g/mol. The molecule has 1 atom stereocenters. The van der Waals surface area contributed by atoms with Crippen molar-refractivity contribution >= 4 is 0 Å². The first-order chi connectivity index (χ1) is 11.8. The van der Waals surface area contributed by atoms with Crippen molar-refractivity contribution in [3.05, 3.63) is 17.0 Å². The quantitative estimate of drug-likeness (QED) is 0.793. The highest BCUT2D eigenvalue weighted by molar-refractivity contribution is 5.35. The fourth-order valence-electron chi connectivity index (χ4n) is 3.90. The van der Waals surface area contributed by atoms with Crippen LogP contribution in [0.2, 0.25) is 0 Å². The minimum Gasteiger partial charge on any atom is -0.382 e. The third kappa shape index (κ3) is 3.42. The number of aliphatic hydroxyl groups excluding tert-OH is 1. The van der Waals surface area contributed by atoms with E-state index in [-0.39, 0.29) is 37.4 Å². The molecule has 0 aromatic carbocycles. The average Bonchev–Trinajstić information content (AvgIpc) is 2.80. The maximum Gasteiger partial charge on any atom is 0.435 e. The number of aromatic nitrogens is 2. The lowest BCUT2D eigenvalue weighted by molar-refractivity contribution is -0.240. The maximum atomic E-state index is 13.7. The Morgan fingerprint density at radius 1 is 1.31 bits per heavy atom. The third-order valence-corrected chi connectivity index (χ3v) is 4.98. The van der Waals surface area contributed by atoms with E-state index in [0.29, 0.717) is 0 Å². The number of hydrogen-bond donors (Lipinski definition) is 1. The van der Waals surface area contributed by atoms with Crippen molar-refractivity contribution in [2.24, 2.45) is 5.92 Å². The van der Waals surface area contributed by atoms with Crippen molar-refractivity contribution in [3.8, 4) is 0 Å². The van der Waals surface area contributed by atoms with Gasteiger partial charge in [0.15, 0.2) is 5.69 Å². The molecule has 1 saturated carbocycles. The van der Waals surface area contributed by atoms with Gasteiger partial charge in [-0.1, -0.05) is 0 Å². The SMILES string of the molecule is C[C@]1(OC(F)F)C[C@@H](Cn2nc(C(F)(F)F)c3c2CCC(F)(F)[C@H]3O)C1. The van der Waals surface area contributed by atoms with Crippen LogP contribution < -0.4 is 0 Å². The second-order valence-corrected chi connectivity index (χ2v) is 7.16. The summed E-state index contributed by atoms with van der Waals surface area (Å²) in [5, 5.41) is 13.1. The predicted molar refractivity (Wildman–Crippen MR) is 73.7 cm³/mol. The topological polar surface area (TPSA) is 47.3 Å². The smallest absolute Gasteiger partial charge is 0.382 e. The van der Waals surface area contributed by atoms with Crippen LogP contribution in [0, 0.1) is 5.92 Å². The molecule has 0 bridgehead atoms. The van der Waals surface area contributed by atoms with Crippen LogP contribution in [0.1, 0.15) is 49.2 Å². The minimum atomic E-state index is -4.99. The zero-order chi connectivity index (χ0) is 19.5. The lowest BCUT2D eigenvalue weighted by Crippen LogP contribution is -2.46. The van der Waals surface area contributed by atoms with Crippen LogP contribution in [0.4, 0.5) is 30.7 Å². The molecule has 0 saturated heterocycles. The summed E-state index contributed by atoms with van der Waals surface area (Å²) in [6.07, 6.45) is -8.35. The lowest BCUT2D eigenvalue weighted by atomic mass is 9.72. The number of aliphatic hydroxyl groups is 1. The number of nitrogens with zero attached hydrogens (tertiary/aromatic N) is 2. The summed E-state index contributed by atoms with van der Waals surface area (Å²) in [5.41, 5.74) is -3.56. The largest absolute Gasteiger partial charge is 0.435 e. The number of fused-ring (bicyclic) bond motifs is 1. The molecular formula is C15H17F7N2O2. The Morgan fingerprint density at radius 3 is 2.46 bits per heavy atom. The normalized spacial score (nSPS) is 31.0. The number of hydrogen-bond acceptors (Lipinski definition) is 3. The molecule has 4 nitrogen and oxygen atoms in total. The van der Waals surface area contributed by atoms with Crippen LogP contribution in [0.25, 0.3) is 0 Å². The maximum absolute atomic E-state index is 13.7. The Labute approximate surface area is 143 Å². The standard InChI is InChI=1S/C15H17F7N2O2/c1-13(26-12(16)17)4-7(5-13)6-24-8-2-3-14(18,19)11(25)9(8)10(23-24)15(20,21)22/h7,11-12,25H,2-6H2,1H3/t7-,11-,13+/m0/s1. The van der Waals surface area contributed by atoms with Crippen LogP contribution >= 0.6 is 0 Å². The van der Waals surface area contributed by atoms with Crippen molar-refractivity contribution < 1.29 is 40.6 Å². The van der Waals surface area contributed by atoms with Crippen LogP contribution in [-0.4, -0.2) is 33.0 Å². The van der Waals surface area contributed by atoms with E-state index in [0.717, 1.165) is 4.68 Å². The Kier molecular flexibility index (Phi) is 4.54. The Balaban J connectivity index is 1.84. The van der Waals surface area contributed by atoms with E-state index in [1.54, 1.807) is 0 Å². The summed E-state index contributed by atoms with van der Waals surface area (Å²) in [6.45, 7) is -1.52. The highest BCUT2D eigenvalue weighted by Gasteiger charge is 2.52. The van der Waals surface area contributed by atoms with Gasteiger partial charge in [-0.25, -0.2) is 8.78 Å². The van der Waals surface area contributed by atoms with Crippen LogP contribution in [0.3, 0.4) is 0 Å². The molecule has 0 unspecified atom stereocenters. The van der Waals surface area contributed by atoms with Crippen LogP contribution in [0.5, 0.6) is 0 Å². The van der Waals surface area contributed by atoms with Gasteiger partial charge < -0.3 is 9.84 Å². The number of halogens is 7. The van der Waals surface area contributed by atoms with Crippen molar-refractivity contribution in [3.63, 3.8) is 0 Å². The molecule has 1 aromatic rings. The zero-order valence-electron chi connectivity index (χ0n) is 13.7. The van der Waals surface area contributed by atoms with E-state index in [2.05, 4.69) is 9.84 Å². The second-order valence-electron chi connectivity index (χ2n) is 7.16. The summed E-state index contributed by atoms with van der Waals surface area (Å²) in [5.74, 6) is -3.94. The van der Waals surface area contributed by atoms with Gasteiger partial charge in [-0.15, -0.1) is 0 Å². The van der Waals surface area contributed by atoms with Crippen LogP contribution in [-0.2, 0) is 23.9 Å². The van der Waals surface area contributed by atoms with Crippen molar-refractivity contribution in [1.29, 1.82) is 0 Å². The molecule has 1 fully saturated rings. The van der Waals surface area contributed by atoms with Crippen molar-refractivity contribution in [2.45, 2.75) is 69.6 Å². The zero-order valence-corrected chi connectivity index (χ0v) is 13.7. The second kappa shape index (κ2) is 6.08. The van der Waals surface area contributed by atoms with Gasteiger partial charge in [0.2, 0.25) is 0 Å². The summed E-state index contributed by atoms with van der Waals surface area (Å²) < 4.78 is 97.0. The van der Waals surface area contributed by atoms with Crippen molar-refractivity contribution in [1.82, 2.24) is 9.78 Å². The van der Waals surface area contributed by atoms with Gasteiger partial charge in [-0.3, -0.25) is 4.68 Å². The molecule has 1 N–H and O–H groups in total. The molecule has 148 valence electrons. The Bertz CT molecular complexity index is 680. The molecule has 0 amide bonds. The predicted octanol–water partition coefficient (Wildman–Crippen LogP) is 3.92. The monoisotopic (exact) mass is 390 g/mol. The van der Waals surface area contributed by atoms with Gasteiger partial charge in [0.1, 0.15) is 6.10 Å². The van der Waals surface area contributed by atoms with E-state index >= 15 is 0 Å². The van der Waals surface area contributed by atoms with E-state index in [1.807, 2.05) is 0 Å². The molecule has 0 aliphatic heterocycles. The molecule has 0 radical (unpaired) electrons. The van der Waals surface area contributed by atoms with Crippen LogP contribution in [0.15, 0.2) is 0 Å². The molecule has 0 spiro atoms. The first-order valence-corrected chi connectivity index (χ1v) is 8.01. The highest BCUT2D eigenvalue weighted by atomic mass is 19.4. The third-order valence-electron chi connectivity index (χ3n) is 4.98. The molecule has 2 aliphatic rings. The Morgan fingerprint density at radius 2 is 1.92 bits per heavy atom. The van der Waals surface area contributed by atoms with Crippen molar-refractivity contribution in [2.75, 3.05) is 0 Å². The molecule has 26 heavy (non-hydrogen) atoms. The van der Waals surface area contributed by atoms with E-state index < -0.39 is 48.1 Å². The van der Waals surface area contributed by atoms with E-state index in [9.17, 15) is 35.8 Å². The molecule has 1 heterocycles. The summed E-state index contributed by atoms with van der Waals surface area (Å²) in [6, 6.07) is 0. The molecule has 3 rings (SSSR count). The summed E-state index contributed by atoms with van der Waals surface area (Å²) in [7, 11) is 0. The molecule has 2 aliphatic carbocycles. The number of ether oxygens (including phenoxy) is 1. The van der Waals surface area contributed by atoms with Gasteiger partial charge in [0.25, 0.3) is 5.92 Å². The highest BCUT2D eigenvalue weighted by Crippen LogP contribution is 2.48. The van der Waals surface area contributed by atoms with E-state index in [1.165, 1.54) is 6.92 Å². The van der Waals surface area contributed by atoms with Gasteiger partial charge >= 0.3 is 12.8 Å². The van der Waals surface area contributed by atoms with E-state index in [4.69, 9.17) is 0 Å². The number of rotatable bonds is 4. The van der Waals surface area contributed by atoms with Gasteiger partial charge in [-0.2, -0.15) is 27.1 Å². The molecular weight excluding hydrogens is 373 g/mol. The van der Waals surface area contributed by atoms with Gasteiger partial charge in [0.05, 0.1) is 5.60 Å². The Hall–Kier alpha value is -1.36. The summed E-state index contributed by atoms with van der Waals surface area (Å²) >= 11 is 0. The molecule has 11 heteroatoms. The number of alkyl halides is 7. The first-order valence-electron chi connectivity index (χ1n) is 8.01. The minimum absolute atomic E-state index is 0.0428. The lowest BCUT2D eigenvalue weighted by Gasteiger charge is -2.44. The van der Waals surface area contributed by atoms with Gasteiger partial charge in [-0.05, 0) is 32.1 Å².